The van der Waals surface area contributed by atoms with Gasteiger partial charge in [-0.25, -0.2) is 4.99 Å². The molecule has 0 heterocycles. The van der Waals surface area contributed by atoms with Crippen molar-refractivity contribution >= 4 is 12.6 Å². The standard InChI is InChI=1S/C16H18N2/c1-4-6-10-14(5-2)13-18-16(17-3)15-11-8-7-9-12-15/h4-12H,2-3,13H2,1H3/b6-4-,14-10+,18-16?. The Hall–Kier alpha value is -2.22. The fourth-order valence-electron chi connectivity index (χ4n) is 1.39. The molecule has 0 atom stereocenters. The third kappa shape index (κ3) is 4.34. The van der Waals surface area contributed by atoms with Gasteiger partial charge >= 0.3 is 0 Å². The van der Waals surface area contributed by atoms with Crippen LogP contribution in [0.3, 0.4) is 0 Å². The van der Waals surface area contributed by atoms with Gasteiger partial charge in [-0.2, -0.15) is 0 Å². The maximum atomic E-state index is 4.45. The van der Waals surface area contributed by atoms with Gasteiger partial charge in [0.15, 0.2) is 5.84 Å². The van der Waals surface area contributed by atoms with E-state index >= 15 is 0 Å². The van der Waals surface area contributed by atoms with Gasteiger partial charge in [0, 0.05) is 5.56 Å². The second-order valence-electron chi connectivity index (χ2n) is 3.64. The van der Waals surface area contributed by atoms with E-state index in [0.717, 1.165) is 11.1 Å². The van der Waals surface area contributed by atoms with E-state index in [9.17, 15) is 0 Å². The number of rotatable bonds is 5. The Kier molecular flexibility index (Phi) is 6.12. The van der Waals surface area contributed by atoms with E-state index in [1.807, 2.05) is 55.5 Å². The molecule has 18 heavy (non-hydrogen) atoms. The van der Waals surface area contributed by atoms with Crippen LogP contribution in [0.2, 0.25) is 0 Å². The number of benzene rings is 1. The van der Waals surface area contributed by atoms with E-state index in [4.69, 9.17) is 0 Å². The lowest BCUT2D eigenvalue weighted by Crippen LogP contribution is -1.98. The van der Waals surface area contributed by atoms with Gasteiger partial charge in [0.05, 0.1) is 6.54 Å². The lowest BCUT2D eigenvalue weighted by Gasteiger charge is -2.01. The first-order chi connectivity index (χ1) is 8.81. The zero-order chi connectivity index (χ0) is 13.2. The van der Waals surface area contributed by atoms with Crippen molar-refractivity contribution in [1.82, 2.24) is 0 Å². The first-order valence-corrected chi connectivity index (χ1v) is 5.82. The predicted octanol–water partition coefficient (Wildman–Crippen LogP) is 3.82. The third-order valence-electron chi connectivity index (χ3n) is 2.36. The highest BCUT2D eigenvalue weighted by molar-refractivity contribution is 6.01. The average Bonchev–Trinajstić information content (AvgIpc) is 2.44. The minimum Gasteiger partial charge on any atom is -0.261 e. The molecule has 0 radical (unpaired) electrons. The highest BCUT2D eigenvalue weighted by Gasteiger charge is 1.99. The number of hydrogen-bond donors (Lipinski definition) is 0. The highest BCUT2D eigenvalue weighted by Crippen LogP contribution is 2.04. The Morgan fingerprint density at radius 2 is 2.00 bits per heavy atom. The average molecular weight is 238 g/mol. The summed E-state index contributed by atoms with van der Waals surface area (Å²) in [5.74, 6) is 0.656. The Morgan fingerprint density at radius 3 is 2.56 bits per heavy atom. The fraction of sp³-hybridized carbons (Fsp3) is 0.125. The summed E-state index contributed by atoms with van der Waals surface area (Å²) in [7, 11) is 0. The quantitative estimate of drug-likeness (QED) is 0.423. The van der Waals surface area contributed by atoms with Crippen molar-refractivity contribution < 1.29 is 0 Å². The summed E-state index contributed by atoms with van der Waals surface area (Å²) in [6.45, 7) is 9.86. The summed E-state index contributed by atoms with van der Waals surface area (Å²) < 4.78 is 0. The minimum atomic E-state index is 0.553. The molecular weight excluding hydrogens is 220 g/mol. The SMILES string of the molecule is C=C/C(=C\C=C/C)CN=C(N=C)c1ccccc1. The maximum Gasteiger partial charge on any atom is 0.154 e. The van der Waals surface area contributed by atoms with Gasteiger partial charge < -0.3 is 0 Å². The molecule has 0 bridgehead atoms. The molecule has 0 aromatic heterocycles. The highest BCUT2D eigenvalue weighted by atomic mass is 14.9. The zero-order valence-corrected chi connectivity index (χ0v) is 10.7. The number of hydrogen-bond acceptors (Lipinski definition) is 1. The van der Waals surface area contributed by atoms with Crippen molar-refractivity contribution in [3.8, 4) is 0 Å². The summed E-state index contributed by atoms with van der Waals surface area (Å²) in [5.41, 5.74) is 2.02. The van der Waals surface area contributed by atoms with Crippen molar-refractivity contribution in [2.24, 2.45) is 9.98 Å². The van der Waals surface area contributed by atoms with Crippen molar-refractivity contribution in [1.29, 1.82) is 0 Å². The van der Waals surface area contributed by atoms with Crippen LogP contribution < -0.4 is 0 Å². The van der Waals surface area contributed by atoms with Crippen LogP contribution in [0.4, 0.5) is 0 Å². The van der Waals surface area contributed by atoms with Crippen LogP contribution in [-0.4, -0.2) is 19.1 Å². The first-order valence-electron chi connectivity index (χ1n) is 5.82. The molecule has 0 aliphatic heterocycles. The number of aliphatic imine (C=N–C) groups is 2. The molecule has 0 saturated carbocycles. The van der Waals surface area contributed by atoms with Gasteiger partial charge in [-0.3, -0.25) is 4.99 Å². The summed E-state index contributed by atoms with van der Waals surface area (Å²) in [6, 6.07) is 9.82. The van der Waals surface area contributed by atoms with Crippen molar-refractivity contribution in [2.45, 2.75) is 6.92 Å². The second kappa shape index (κ2) is 7.96. The van der Waals surface area contributed by atoms with Crippen molar-refractivity contribution in [3.05, 3.63) is 72.4 Å². The molecule has 2 nitrogen and oxygen atoms in total. The van der Waals surface area contributed by atoms with Crippen LogP contribution in [0.1, 0.15) is 12.5 Å². The number of nitrogens with zero attached hydrogens (tertiary/aromatic N) is 2. The molecule has 0 unspecified atom stereocenters. The van der Waals surface area contributed by atoms with E-state index in [0.29, 0.717) is 12.4 Å². The Labute approximate surface area is 109 Å². The molecule has 92 valence electrons. The van der Waals surface area contributed by atoms with Crippen LogP contribution >= 0.6 is 0 Å². The second-order valence-corrected chi connectivity index (χ2v) is 3.64. The predicted molar refractivity (Wildman–Crippen MR) is 80.5 cm³/mol. The van der Waals surface area contributed by atoms with E-state index in [2.05, 4.69) is 23.3 Å². The Morgan fingerprint density at radius 1 is 1.28 bits per heavy atom. The summed E-state index contributed by atoms with van der Waals surface area (Å²) >= 11 is 0. The maximum absolute atomic E-state index is 4.45. The molecule has 1 aromatic carbocycles. The molecule has 1 rings (SSSR count). The van der Waals surface area contributed by atoms with Crippen LogP contribution in [-0.2, 0) is 0 Å². The van der Waals surface area contributed by atoms with Gasteiger partial charge in [-0.05, 0) is 19.2 Å². The third-order valence-corrected chi connectivity index (χ3v) is 2.36. The summed E-state index contributed by atoms with van der Waals surface area (Å²) in [5, 5.41) is 0. The minimum absolute atomic E-state index is 0.553. The lowest BCUT2D eigenvalue weighted by molar-refractivity contribution is 1.17. The molecule has 2 heteroatoms. The zero-order valence-electron chi connectivity index (χ0n) is 10.7. The van der Waals surface area contributed by atoms with Gasteiger partial charge in [-0.1, -0.05) is 61.2 Å². The smallest absolute Gasteiger partial charge is 0.154 e. The van der Waals surface area contributed by atoms with Gasteiger partial charge in [0.25, 0.3) is 0 Å². The molecule has 0 aliphatic rings. The largest absolute Gasteiger partial charge is 0.261 e. The van der Waals surface area contributed by atoms with E-state index in [-0.39, 0.29) is 0 Å². The van der Waals surface area contributed by atoms with Crippen LogP contribution in [0.5, 0.6) is 0 Å². The van der Waals surface area contributed by atoms with Crippen LogP contribution in [0.25, 0.3) is 0 Å². The molecule has 0 saturated heterocycles. The van der Waals surface area contributed by atoms with Crippen LogP contribution in [0.15, 0.2) is 76.8 Å². The molecule has 1 aromatic rings. The monoisotopic (exact) mass is 238 g/mol. The van der Waals surface area contributed by atoms with Crippen LogP contribution in [0, 0.1) is 0 Å². The van der Waals surface area contributed by atoms with Gasteiger partial charge in [-0.15, -0.1) is 0 Å². The molecule has 0 N–H and O–H groups in total. The molecular formula is C16H18N2. The number of allylic oxidation sites excluding steroid dienone is 3. The number of amidine groups is 1. The first kappa shape index (κ1) is 13.8. The Bertz CT molecular complexity index is 479. The Balaban J connectivity index is 2.87. The molecule has 0 amide bonds. The van der Waals surface area contributed by atoms with Gasteiger partial charge in [0.1, 0.15) is 0 Å². The summed E-state index contributed by atoms with van der Waals surface area (Å²) in [4.78, 5) is 8.42. The van der Waals surface area contributed by atoms with Crippen molar-refractivity contribution in [3.63, 3.8) is 0 Å². The topological polar surface area (TPSA) is 24.7 Å². The van der Waals surface area contributed by atoms with E-state index in [1.54, 1.807) is 6.08 Å². The molecule has 0 spiro atoms. The summed E-state index contributed by atoms with van der Waals surface area (Å²) in [6.07, 6.45) is 7.73. The van der Waals surface area contributed by atoms with Gasteiger partial charge in [0.2, 0.25) is 0 Å². The molecule has 0 aliphatic carbocycles. The van der Waals surface area contributed by atoms with E-state index in [1.165, 1.54) is 0 Å². The van der Waals surface area contributed by atoms with E-state index < -0.39 is 0 Å². The lowest BCUT2D eigenvalue weighted by atomic mass is 10.2. The normalized spacial score (nSPS) is 12.7. The fourth-order valence-corrected chi connectivity index (χ4v) is 1.39. The van der Waals surface area contributed by atoms with Crippen molar-refractivity contribution in [2.75, 3.05) is 6.54 Å². The molecule has 0 fully saturated rings.